The van der Waals surface area contributed by atoms with Crippen LogP contribution in [0.4, 0.5) is 5.69 Å². The van der Waals surface area contributed by atoms with Gasteiger partial charge in [0.2, 0.25) is 0 Å². The van der Waals surface area contributed by atoms with Gasteiger partial charge in [0, 0.05) is 10.6 Å². The van der Waals surface area contributed by atoms with E-state index in [-0.39, 0.29) is 18.5 Å². The van der Waals surface area contributed by atoms with Gasteiger partial charge in [-0.3, -0.25) is 10.2 Å². The van der Waals surface area contributed by atoms with Crippen molar-refractivity contribution in [2.45, 2.75) is 13.0 Å². The minimum absolute atomic E-state index is 0.113. The molecule has 1 aliphatic heterocycles. The molecule has 0 fully saturated rings. The molecule has 0 saturated heterocycles. The van der Waals surface area contributed by atoms with Crippen LogP contribution in [-0.2, 0) is 4.79 Å². The number of nitrogens with one attached hydrogen (secondary N) is 1. The van der Waals surface area contributed by atoms with Crippen molar-refractivity contribution in [3.8, 4) is 0 Å². The van der Waals surface area contributed by atoms with E-state index in [0.29, 0.717) is 5.02 Å². The number of hydrazine groups is 1. The van der Waals surface area contributed by atoms with Gasteiger partial charge in [-0.25, -0.2) is 10.8 Å². The number of rotatable bonds is 3. The number of carbonyl (C=O) groups excluding carboxylic acids is 1. The maximum atomic E-state index is 11.8. The molecule has 3 N–H and O–H groups in total. The number of carbonyl (C=O) groups is 1. The first-order valence-corrected chi connectivity index (χ1v) is 7.63. The number of halogens is 1. The Labute approximate surface area is 139 Å². The van der Waals surface area contributed by atoms with Gasteiger partial charge in [-0.2, -0.15) is 0 Å². The summed E-state index contributed by atoms with van der Waals surface area (Å²) in [7, 11) is 0. The molecule has 1 heterocycles. The van der Waals surface area contributed by atoms with Gasteiger partial charge in [0.1, 0.15) is 12.4 Å². The smallest absolute Gasteiger partial charge is 0.253 e. The maximum absolute atomic E-state index is 11.8. The third-order valence-corrected chi connectivity index (χ3v) is 4.12. The molecule has 2 aromatic carbocycles. The number of hydrogen-bond acceptors (Lipinski definition) is 4. The predicted octanol–water partition coefficient (Wildman–Crippen LogP) is 2.78. The first-order chi connectivity index (χ1) is 11.1. The van der Waals surface area contributed by atoms with Crippen molar-refractivity contribution in [1.29, 1.82) is 0 Å². The topological polar surface area (TPSA) is 70.7 Å². The van der Waals surface area contributed by atoms with Gasteiger partial charge in [-0.1, -0.05) is 48.0 Å². The summed E-state index contributed by atoms with van der Waals surface area (Å²) in [5.41, 5.74) is 5.10. The van der Waals surface area contributed by atoms with Gasteiger partial charge in [0.05, 0.1) is 11.7 Å². The van der Waals surface area contributed by atoms with Crippen LogP contribution in [0.2, 0.25) is 5.02 Å². The van der Waals surface area contributed by atoms with Gasteiger partial charge >= 0.3 is 0 Å². The first-order valence-electron chi connectivity index (χ1n) is 7.26. The fourth-order valence-corrected chi connectivity index (χ4v) is 3.01. The van der Waals surface area contributed by atoms with E-state index in [1.807, 2.05) is 60.4 Å². The lowest BCUT2D eigenvalue weighted by Crippen LogP contribution is -2.45. The molecule has 0 bridgehead atoms. The zero-order chi connectivity index (χ0) is 16.4. The molecule has 0 spiro atoms. The fraction of sp³-hybridized carbons (Fsp3) is 0.176. The molecule has 0 aliphatic carbocycles. The van der Waals surface area contributed by atoms with Gasteiger partial charge < -0.3 is 4.90 Å². The number of benzene rings is 2. The molecule has 118 valence electrons. The Hall–Kier alpha value is -2.37. The second-order valence-corrected chi connectivity index (χ2v) is 5.81. The highest BCUT2D eigenvalue weighted by atomic mass is 35.5. The summed E-state index contributed by atoms with van der Waals surface area (Å²) in [6, 6.07) is 15.5. The van der Waals surface area contributed by atoms with Crippen LogP contribution >= 0.6 is 11.6 Å². The Morgan fingerprint density at radius 2 is 2.04 bits per heavy atom. The standard InChI is InChI=1S/C17H17ClN4O/c1-11-20-15-9-13(18)7-8-14(15)17(12-5-3-2-4-6-12)22(11)10-16(23)21-19/h2-9,17H,10,19H2,1H3,(H,21,23). The molecule has 0 aromatic heterocycles. The van der Waals surface area contributed by atoms with Gasteiger partial charge in [0.15, 0.2) is 0 Å². The highest BCUT2D eigenvalue weighted by Crippen LogP contribution is 2.40. The summed E-state index contributed by atoms with van der Waals surface area (Å²) in [4.78, 5) is 18.3. The number of nitrogens with two attached hydrogens (primary N) is 1. The Bertz CT molecular complexity index is 760. The van der Waals surface area contributed by atoms with Crippen LogP contribution in [0.15, 0.2) is 53.5 Å². The lowest BCUT2D eigenvalue weighted by Gasteiger charge is -2.37. The third-order valence-electron chi connectivity index (χ3n) is 3.89. The van der Waals surface area contributed by atoms with Crippen molar-refractivity contribution in [2.75, 3.05) is 6.54 Å². The Morgan fingerprint density at radius 1 is 1.30 bits per heavy atom. The zero-order valence-corrected chi connectivity index (χ0v) is 13.4. The van der Waals surface area contributed by atoms with Crippen LogP contribution in [-0.4, -0.2) is 23.2 Å². The molecule has 2 aromatic rings. The number of amides is 1. The lowest BCUT2D eigenvalue weighted by atomic mass is 9.94. The van der Waals surface area contributed by atoms with Gasteiger partial charge in [0.25, 0.3) is 5.91 Å². The van der Waals surface area contributed by atoms with Crippen LogP contribution in [0.3, 0.4) is 0 Å². The van der Waals surface area contributed by atoms with E-state index in [9.17, 15) is 4.79 Å². The second kappa shape index (κ2) is 6.40. The van der Waals surface area contributed by atoms with E-state index >= 15 is 0 Å². The van der Waals surface area contributed by atoms with Crippen molar-refractivity contribution in [3.05, 3.63) is 64.7 Å². The van der Waals surface area contributed by atoms with Crippen LogP contribution in [0.5, 0.6) is 0 Å². The highest BCUT2D eigenvalue weighted by Gasteiger charge is 2.30. The lowest BCUT2D eigenvalue weighted by molar-refractivity contribution is -0.121. The number of aliphatic imine (C=N–C) groups is 1. The number of hydrogen-bond donors (Lipinski definition) is 2. The van der Waals surface area contributed by atoms with Gasteiger partial charge in [-0.05, 0) is 24.6 Å². The molecule has 6 heteroatoms. The normalized spacial score (nSPS) is 16.6. The third kappa shape index (κ3) is 3.06. The zero-order valence-electron chi connectivity index (χ0n) is 12.7. The SMILES string of the molecule is CC1=Nc2cc(Cl)ccc2C(c2ccccc2)N1CC(=O)NN. The molecule has 5 nitrogen and oxygen atoms in total. The Kier molecular flexibility index (Phi) is 4.32. The number of fused-ring (bicyclic) bond motifs is 1. The van der Waals surface area contributed by atoms with Crippen LogP contribution < -0.4 is 11.3 Å². The minimum atomic E-state index is -0.266. The van der Waals surface area contributed by atoms with Crippen molar-refractivity contribution in [1.82, 2.24) is 10.3 Å². The summed E-state index contributed by atoms with van der Waals surface area (Å²) in [6.45, 7) is 2.01. The molecule has 23 heavy (non-hydrogen) atoms. The Morgan fingerprint density at radius 3 is 2.74 bits per heavy atom. The molecule has 3 rings (SSSR count). The fourth-order valence-electron chi connectivity index (χ4n) is 2.84. The molecule has 1 aliphatic rings. The van der Waals surface area contributed by atoms with E-state index in [0.717, 1.165) is 22.6 Å². The largest absolute Gasteiger partial charge is 0.340 e. The van der Waals surface area contributed by atoms with Gasteiger partial charge in [-0.15, -0.1) is 0 Å². The summed E-state index contributed by atoms with van der Waals surface area (Å²) in [6.07, 6.45) is 0. The average molecular weight is 329 g/mol. The maximum Gasteiger partial charge on any atom is 0.253 e. The summed E-state index contributed by atoms with van der Waals surface area (Å²) >= 11 is 6.10. The molecule has 1 amide bonds. The summed E-state index contributed by atoms with van der Waals surface area (Å²) in [5.74, 6) is 5.73. The highest BCUT2D eigenvalue weighted by molar-refractivity contribution is 6.30. The molecule has 0 radical (unpaired) electrons. The van der Waals surface area contributed by atoms with E-state index in [4.69, 9.17) is 17.4 Å². The number of amidine groups is 1. The van der Waals surface area contributed by atoms with E-state index in [1.165, 1.54) is 0 Å². The molecular formula is C17H17ClN4O. The quantitative estimate of drug-likeness (QED) is 0.517. The predicted molar refractivity (Wildman–Crippen MR) is 91.5 cm³/mol. The van der Waals surface area contributed by atoms with Crippen LogP contribution in [0, 0.1) is 0 Å². The minimum Gasteiger partial charge on any atom is -0.340 e. The molecule has 1 unspecified atom stereocenters. The second-order valence-electron chi connectivity index (χ2n) is 5.37. The molecule has 0 saturated carbocycles. The van der Waals surface area contributed by atoms with Crippen molar-refractivity contribution in [3.63, 3.8) is 0 Å². The van der Waals surface area contributed by atoms with Crippen molar-refractivity contribution < 1.29 is 4.79 Å². The molecule has 1 atom stereocenters. The van der Waals surface area contributed by atoms with E-state index in [2.05, 4.69) is 10.4 Å². The molecular weight excluding hydrogens is 312 g/mol. The summed E-state index contributed by atoms with van der Waals surface area (Å²) < 4.78 is 0. The Balaban J connectivity index is 2.12. The van der Waals surface area contributed by atoms with Crippen molar-refractivity contribution >= 4 is 29.0 Å². The van der Waals surface area contributed by atoms with E-state index in [1.54, 1.807) is 0 Å². The van der Waals surface area contributed by atoms with Crippen LogP contribution in [0.25, 0.3) is 0 Å². The van der Waals surface area contributed by atoms with Crippen molar-refractivity contribution in [2.24, 2.45) is 10.8 Å². The average Bonchev–Trinajstić information content (AvgIpc) is 2.56. The number of nitrogens with zero attached hydrogens (tertiary/aromatic N) is 2. The monoisotopic (exact) mass is 328 g/mol. The first kappa shape index (κ1) is 15.5. The van der Waals surface area contributed by atoms with Crippen LogP contribution in [0.1, 0.15) is 24.1 Å². The van der Waals surface area contributed by atoms with E-state index < -0.39 is 0 Å². The summed E-state index contributed by atoms with van der Waals surface area (Å²) in [5, 5.41) is 0.639.